The van der Waals surface area contributed by atoms with E-state index in [0.29, 0.717) is 18.5 Å². The Balaban J connectivity index is 1.33. The highest BCUT2D eigenvalue weighted by Gasteiger charge is 2.24. The van der Waals surface area contributed by atoms with Crippen LogP contribution in [0.1, 0.15) is 27.9 Å². The lowest BCUT2D eigenvalue weighted by atomic mass is 10.00. The van der Waals surface area contributed by atoms with E-state index in [0.717, 1.165) is 46.2 Å². The first kappa shape index (κ1) is 20.1. The highest BCUT2D eigenvalue weighted by Crippen LogP contribution is 2.31. The van der Waals surface area contributed by atoms with Gasteiger partial charge in [-0.2, -0.15) is 0 Å². The third-order valence-electron chi connectivity index (χ3n) is 6.08. The van der Waals surface area contributed by atoms with E-state index < -0.39 is 0 Å². The monoisotopic (exact) mass is 423 g/mol. The molecule has 4 aromatic rings. The molecule has 0 radical (unpaired) electrons. The van der Waals surface area contributed by atoms with Crippen LogP contribution < -0.4 is 10.2 Å². The van der Waals surface area contributed by atoms with Crippen LogP contribution in [0.25, 0.3) is 10.9 Å². The van der Waals surface area contributed by atoms with Gasteiger partial charge in [-0.25, -0.2) is 0 Å². The summed E-state index contributed by atoms with van der Waals surface area (Å²) in [4.78, 5) is 27.6. The van der Waals surface area contributed by atoms with Gasteiger partial charge >= 0.3 is 0 Å². The zero-order valence-corrected chi connectivity index (χ0v) is 18.0. The molecule has 0 spiro atoms. The molecule has 3 aromatic carbocycles. The zero-order valence-electron chi connectivity index (χ0n) is 18.0. The molecule has 1 N–H and O–H groups in total. The average Bonchev–Trinajstić information content (AvgIpc) is 3.13. The molecular formula is C27H25N3O2. The maximum atomic E-state index is 13.0. The number of amides is 2. The second-order valence-electron chi connectivity index (χ2n) is 8.28. The first-order valence-corrected chi connectivity index (χ1v) is 10.9. The average molecular weight is 424 g/mol. The largest absolute Gasteiger partial charge is 0.350 e. The normalized spacial score (nSPS) is 13.1. The minimum absolute atomic E-state index is 0.0132. The van der Waals surface area contributed by atoms with Crippen molar-refractivity contribution >= 4 is 34.1 Å². The third kappa shape index (κ3) is 3.78. The summed E-state index contributed by atoms with van der Waals surface area (Å²) in [6.07, 6.45) is 4.13. The number of carbonyl (C=O) groups is 2. The Morgan fingerprint density at radius 3 is 2.59 bits per heavy atom. The summed E-state index contributed by atoms with van der Waals surface area (Å²) in [5, 5.41) is 4.14. The summed E-state index contributed by atoms with van der Waals surface area (Å²) < 4.78 is 2.05. The van der Waals surface area contributed by atoms with E-state index in [9.17, 15) is 9.59 Å². The molecule has 1 aliphatic rings. The summed E-state index contributed by atoms with van der Waals surface area (Å²) in [7, 11) is 2.00. The fourth-order valence-corrected chi connectivity index (χ4v) is 4.57. The van der Waals surface area contributed by atoms with Crippen LogP contribution in [0.4, 0.5) is 11.4 Å². The van der Waals surface area contributed by atoms with E-state index in [2.05, 4.69) is 22.0 Å². The van der Waals surface area contributed by atoms with Crippen LogP contribution in [-0.2, 0) is 24.7 Å². The van der Waals surface area contributed by atoms with Gasteiger partial charge < -0.3 is 14.8 Å². The second kappa shape index (κ2) is 8.35. The molecule has 5 heteroatoms. The first-order chi connectivity index (χ1) is 15.6. The molecule has 0 unspecified atom stereocenters. The standard InChI is InChI=1S/C27H25N3O2/c1-29-18-21(23-11-5-6-12-25(23)29)17-26(31)28-22-13-14-24-20(16-22)10-7-15-30(24)27(32)19-8-3-2-4-9-19/h2-6,8-9,11-14,16,18H,7,10,15,17H2,1H3,(H,28,31). The highest BCUT2D eigenvalue weighted by atomic mass is 16.2. The Morgan fingerprint density at radius 2 is 1.75 bits per heavy atom. The summed E-state index contributed by atoms with van der Waals surface area (Å²) >= 11 is 0. The topological polar surface area (TPSA) is 54.3 Å². The number of hydrogen-bond acceptors (Lipinski definition) is 2. The minimum Gasteiger partial charge on any atom is -0.350 e. The smallest absolute Gasteiger partial charge is 0.258 e. The van der Waals surface area contributed by atoms with Crippen LogP contribution in [0.3, 0.4) is 0 Å². The fourth-order valence-electron chi connectivity index (χ4n) is 4.57. The molecule has 1 aromatic heterocycles. The van der Waals surface area contributed by atoms with E-state index in [-0.39, 0.29) is 11.8 Å². The number of nitrogens with zero attached hydrogens (tertiary/aromatic N) is 2. The van der Waals surface area contributed by atoms with Gasteiger partial charge in [0.25, 0.3) is 5.91 Å². The molecule has 2 amide bonds. The van der Waals surface area contributed by atoms with Gasteiger partial charge in [-0.3, -0.25) is 9.59 Å². The molecule has 0 bridgehead atoms. The van der Waals surface area contributed by atoms with E-state index >= 15 is 0 Å². The van der Waals surface area contributed by atoms with Gasteiger partial charge in [0.15, 0.2) is 0 Å². The van der Waals surface area contributed by atoms with Crippen molar-refractivity contribution in [2.75, 3.05) is 16.8 Å². The molecule has 0 saturated heterocycles. The Hall–Kier alpha value is -3.86. The van der Waals surface area contributed by atoms with Gasteiger partial charge in [-0.1, -0.05) is 36.4 Å². The second-order valence-corrected chi connectivity index (χ2v) is 8.28. The number of para-hydroxylation sites is 1. The molecule has 1 aliphatic heterocycles. The Bertz CT molecular complexity index is 1310. The maximum Gasteiger partial charge on any atom is 0.258 e. The van der Waals surface area contributed by atoms with Gasteiger partial charge in [-0.05, 0) is 60.4 Å². The number of aryl methyl sites for hydroxylation is 2. The molecule has 0 atom stereocenters. The molecule has 32 heavy (non-hydrogen) atoms. The lowest BCUT2D eigenvalue weighted by molar-refractivity contribution is -0.115. The molecule has 5 rings (SSSR count). The third-order valence-corrected chi connectivity index (χ3v) is 6.08. The fraction of sp³-hybridized carbons (Fsp3) is 0.185. The van der Waals surface area contributed by atoms with Crippen LogP contribution >= 0.6 is 0 Å². The van der Waals surface area contributed by atoms with Crippen LogP contribution in [0.5, 0.6) is 0 Å². The number of fused-ring (bicyclic) bond motifs is 2. The summed E-state index contributed by atoms with van der Waals surface area (Å²) in [5.74, 6) is -0.0337. The molecule has 0 aliphatic carbocycles. The SMILES string of the molecule is Cn1cc(CC(=O)Nc2ccc3c(c2)CCCN3C(=O)c2ccccc2)c2ccccc21. The van der Waals surface area contributed by atoms with E-state index in [4.69, 9.17) is 0 Å². The zero-order chi connectivity index (χ0) is 22.1. The molecule has 0 saturated carbocycles. The van der Waals surface area contributed by atoms with Crippen molar-refractivity contribution in [3.8, 4) is 0 Å². The van der Waals surface area contributed by atoms with Gasteiger partial charge in [0.1, 0.15) is 0 Å². The highest BCUT2D eigenvalue weighted by molar-refractivity contribution is 6.07. The summed E-state index contributed by atoms with van der Waals surface area (Å²) in [6, 6.07) is 23.3. The number of rotatable bonds is 4. The Morgan fingerprint density at radius 1 is 0.969 bits per heavy atom. The van der Waals surface area contributed by atoms with Crippen LogP contribution in [0.2, 0.25) is 0 Å². The summed E-state index contributed by atoms with van der Waals surface area (Å²) in [5.41, 5.74) is 5.60. The Labute approximate surface area is 187 Å². The number of carbonyl (C=O) groups excluding carboxylic acids is 2. The van der Waals surface area contributed by atoms with Crippen molar-refractivity contribution in [3.63, 3.8) is 0 Å². The summed E-state index contributed by atoms with van der Waals surface area (Å²) in [6.45, 7) is 0.702. The first-order valence-electron chi connectivity index (χ1n) is 10.9. The van der Waals surface area contributed by atoms with Crippen molar-refractivity contribution in [1.82, 2.24) is 4.57 Å². The van der Waals surface area contributed by atoms with Crippen molar-refractivity contribution in [1.29, 1.82) is 0 Å². The lowest BCUT2D eigenvalue weighted by Crippen LogP contribution is -2.35. The number of aromatic nitrogens is 1. The maximum absolute atomic E-state index is 13.0. The van der Waals surface area contributed by atoms with E-state index in [1.807, 2.05) is 78.8 Å². The van der Waals surface area contributed by atoms with Gasteiger partial charge in [-0.15, -0.1) is 0 Å². The van der Waals surface area contributed by atoms with Gasteiger partial charge in [0, 0.05) is 47.6 Å². The van der Waals surface area contributed by atoms with Gasteiger partial charge in [0.2, 0.25) is 5.91 Å². The van der Waals surface area contributed by atoms with Crippen LogP contribution in [0.15, 0.2) is 79.0 Å². The number of benzene rings is 3. The van der Waals surface area contributed by atoms with Crippen molar-refractivity contribution in [2.24, 2.45) is 7.05 Å². The number of hydrogen-bond donors (Lipinski definition) is 1. The molecule has 0 fully saturated rings. The number of anilines is 2. The predicted octanol–water partition coefficient (Wildman–Crippen LogP) is 4.95. The Kier molecular flexibility index (Phi) is 5.23. The van der Waals surface area contributed by atoms with Gasteiger partial charge in [0.05, 0.1) is 6.42 Å². The number of nitrogens with one attached hydrogen (secondary N) is 1. The minimum atomic E-state index is -0.0469. The molecule has 5 nitrogen and oxygen atoms in total. The van der Waals surface area contributed by atoms with E-state index in [1.165, 1.54) is 0 Å². The van der Waals surface area contributed by atoms with Crippen molar-refractivity contribution in [2.45, 2.75) is 19.3 Å². The van der Waals surface area contributed by atoms with Crippen molar-refractivity contribution in [3.05, 3.63) is 95.7 Å². The molecule has 2 heterocycles. The van der Waals surface area contributed by atoms with Crippen LogP contribution in [-0.4, -0.2) is 22.9 Å². The quantitative estimate of drug-likeness (QED) is 0.505. The lowest BCUT2D eigenvalue weighted by Gasteiger charge is -2.30. The molecular weight excluding hydrogens is 398 g/mol. The van der Waals surface area contributed by atoms with E-state index in [1.54, 1.807) is 0 Å². The van der Waals surface area contributed by atoms with Crippen molar-refractivity contribution < 1.29 is 9.59 Å². The predicted molar refractivity (Wildman–Crippen MR) is 128 cm³/mol. The molecule has 160 valence electrons. The van der Waals surface area contributed by atoms with Crippen LogP contribution in [0, 0.1) is 0 Å².